The first-order valence-corrected chi connectivity index (χ1v) is 15.9. The van der Waals surface area contributed by atoms with E-state index in [1.54, 1.807) is 0 Å². The van der Waals surface area contributed by atoms with E-state index >= 15 is 0 Å². The molecule has 0 aliphatic heterocycles. The predicted octanol–water partition coefficient (Wildman–Crippen LogP) is 12.9. The van der Waals surface area contributed by atoms with Crippen molar-refractivity contribution in [2.45, 2.75) is 0 Å². The number of hydrogen-bond donors (Lipinski definition) is 0. The molecule has 47 heavy (non-hydrogen) atoms. The van der Waals surface area contributed by atoms with E-state index in [2.05, 4.69) is 163 Å². The number of para-hydroxylation sites is 2. The van der Waals surface area contributed by atoms with E-state index in [-0.39, 0.29) is 0 Å². The molecule has 0 aliphatic rings. The molecule has 8 aromatic carbocycles. The maximum Gasteiger partial charge on any atom is 0.159 e. The Hall–Kier alpha value is -6.32. The highest BCUT2D eigenvalue weighted by atomic mass is 16.3. The van der Waals surface area contributed by atoms with Crippen LogP contribution in [-0.4, -0.2) is 0 Å². The topological polar surface area (TPSA) is 29.5 Å². The Labute approximate surface area is 270 Å². The Bertz CT molecular complexity index is 2640. The van der Waals surface area contributed by atoms with Crippen molar-refractivity contribution in [2.75, 3.05) is 4.90 Å². The Kier molecular flexibility index (Phi) is 5.57. The molecule has 10 aromatic rings. The van der Waals surface area contributed by atoms with E-state index in [0.29, 0.717) is 0 Å². The molecule has 3 nitrogen and oxygen atoms in total. The Morgan fingerprint density at radius 2 is 0.809 bits per heavy atom. The Morgan fingerprint density at radius 3 is 1.36 bits per heavy atom. The summed E-state index contributed by atoms with van der Waals surface area (Å²) in [5, 5.41) is 9.20. The van der Waals surface area contributed by atoms with Crippen molar-refractivity contribution in [3.05, 3.63) is 164 Å². The first-order valence-electron chi connectivity index (χ1n) is 15.9. The third-order valence-electron chi connectivity index (χ3n) is 9.45. The summed E-state index contributed by atoms with van der Waals surface area (Å²) >= 11 is 0. The molecule has 10 rings (SSSR count). The van der Waals surface area contributed by atoms with Crippen molar-refractivity contribution in [2.24, 2.45) is 0 Å². The molecule has 0 unspecified atom stereocenters. The molecule has 0 amide bonds. The van der Waals surface area contributed by atoms with E-state index < -0.39 is 0 Å². The molecular formula is C44H27NO2. The van der Waals surface area contributed by atoms with Crippen LogP contribution in [0.25, 0.3) is 76.5 Å². The van der Waals surface area contributed by atoms with Gasteiger partial charge in [0.05, 0.1) is 11.4 Å². The second-order valence-corrected chi connectivity index (χ2v) is 12.1. The van der Waals surface area contributed by atoms with Crippen molar-refractivity contribution < 1.29 is 8.83 Å². The van der Waals surface area contributed by atoms with Gasteiger partial charge in [0.1, 0.15) is 11.2 Å². The summed E-state index contributed by atoms with van der Waals surface area (Å²) in [4.78, 5) is 2.29. The molecule has 0 aliphatic carbocycles. The fourth-order valence-corrected chi connectivity index (χ4v) is 7.30. The number of fused-ring (bicyclic) bond motifs is 10. The molecule has 2 aromatic heterocycles. The fourth-order valence-electron chi connectivity index (χ4n) is 7.30. The molecule has 0 atom stereocenters. The molecule has 220 valence electrons. The number of anilines is 3. The normalized spacial score (nSPS) is 11.8. The number of benzene rings is 8. The molecule has 0 N–H and O–H groups in total. The molecule has 0 spiro atoms. The summed E-state index contributed by atoms with van der Waals surface area (Å²) in [5.74, 6) is 0. The molecule has 2 heterocycles. The van der Waals surface area contributed by atoms with Gasteiger partial charge in [-0.25, -0.2) is 0 Å². The Morgan fingerprint density at radius 1 is 0.340 bits per heavy atom. The number of furan rings is 2. The zero-order valence-corrected chi connectivity index (χ0v) is 25.4. The first-order chi connectivity index (χ1) is 23.3. The second-order valence-electron chi connectivity index (χ2n) is 12.1. The molecule has 0 bridgehead atoms. The van der Waals surface area contributed by atoms with Crippen molar-refractivity contribution in [3.63, 3.8) is 0 Å². The van der Waals surface area contributed by atoms with E-state index in [0.717, 1.165) is 66.5 Å². The van der Waals surface area contributed by atoms with Crippen molar-refractivity contribution >= 4 is 82.5 Å². The van der Waals surface area contributed by atoms with Gasteiger partial charge in [0.2, 0.25) is 0 Å². The van der Waals surface area contributed by atoms with Gasteiger partial charge >= 0.3 is 0 Å². The summed E-state index contributed by atoms with van der Waals surface area (Å²) in [6.07, 6.45) is 0. The smallest absolute Gasteiger partial charge is 0.159 e. The van der Waals surface area contributed by atoms with E-state index in [1.165, 1.54) is 27.1 Å². The highest BCUT2D eigenvalue weighted by Crippen LogP contribution is 2.47. The van der Waals surface area contributed by atoms with Crippen molar-refractivity contribution in [3.8, 4) is 11.1 Å². The minimum Gasteiger partial charge on any atom is -0.454 e. The zero-order chi connectivity index (χ0) is 30.9. The summed E-state index contributed by atoms with van der Waals surface area (Å²) in [6.45, 7) is 0. The predicted molar refractivity (Wildman–Crippen MR) is 196 cm³/mol. The third kappa shape index (κ3) is 3.93. The quantitative estimate of drug-likeness (QED) is 0.201. The zero-order valence-electron chi connectivity index (χ0n) is 25.4. The SMILES string of the molecule is c1ccc(-c2ccc(N(c3cccc4c3oc3ccc5ccccc5c34)c3cccc4c3oc3ccc5ccccc5c34)cc2)cc1. The van der Waals surface area contributed by atoms with Crippen LogP contribution < -0.4 is 4.90 Å². The lowest BCUT2D eigenvalue weighted by atomic mass is 10.0. The van der Waals surface area contributed by atoms with Crippen LogP contribution in [0.1, 0.15) is 0 Å². The van der Waals surface area contributed by atoms with Crippen LogP contribution in [0.15, 0.2) is 173 Å². The lowest BCUT2D eigenvalue weighted by Crippen LogP contribution is -2.10. The minimum atomic E-state index is 0.838. The van der Waals surface area contributed by atoms with Crippen LogP contribution in [0.2, 0.25) is 0 Å². The largest absolute Gasteiger partial charge is 0.454 e. The summed E-state index contributed by atoms with van der Waals surface area (Å²) in [5.41, 5.74) is 8.69. The van der Waals surface area contributed by atoms with Gasteiger partial charge in [0.15, 0.2) is 11.2 Å². The van der Waals surface area contributed by atoms with Crippen molar-refractivity contribution in [1.29, 1.82) is 0 Å². The van der Waals surface area contributed by atoms with Gasteiger partial charge in [-0.2, -0.15) is 0 Å². The second kappa shape index (κ2) is 10.1. The highest BCUT2D eigenvalue weighted by molar-refractivity contribution is 6.23. The molecule has 0 radical (unpaired) electrons. The van der Waals surface area contributed by atoms with Gasteiger partial charge < -0.3 is 13.7 Å². The standard InChI is InChI=1S/C44H27NO2/c1-2-10-28(11-3-1)29-20-24-32(25-21-29)45(37-18-8-16-35-41-33-14-6-4-12-30(33)22-26-39(41)46-43(35)37)38-19-9-17-36-42-34-15-7-5-13-31(34)23-27-40(42)47-44(36)38/h1-27H. The van der Waals surface area contributed by atoms with Gasteiger partial charge in [0, 0.05) is 27.2 Å². The first kappa shape index (κ1) is 26.0. The van der Waals surface area contributed by atoms with E-state index in [9.17, 15) is 0 Å². The average Bonchev–Trinajstić information content (AvgIpc) is 3.73. The summed E-state index contributed by atoms with van der Waals surface area (Å²) in [7, 11) is 0. The molecule has 3 heteroatoms. The molecule has 0 saturated heterocycles. The maximum atomic E-state index is 6.77. The van der Waals surface area contributed by atoms with Crippen LogP contribution in [0, 0.1) is 0 Å². The third-order valence-corrected chi connectivity index (χ3v) is 9.45. The number of hydrogen-bond acceptors (Lipinski definition) is 3. The van der Waals surface area contributed by atoms with Crippen LogP contribution in [0.5, 0.6) is 0 Å². The number of nitrogens with zero attached hydrogens (tertiary/aromatic N) is 1. The highest BCUT2D eigenvalue weighted by Gasteiger charge is 2.24. The number of rotatable bonds is 4. The van der Waals surface area contributed by atoms with E-state index in [4.69, 9.17) is 8.83 Å². The molecular weight excluding hydrogens is 574 g/mol. The summed E-state index contributed by atoms with van der Waals surface area (Å²) < 4.78 is 13.5. The maximum absolute atomic E-state index is 6.77. The molecule has 0 fully saturated rings. The lowest BCUT2D eigenvalue weighted by Gasteiger charge is -2.25. The van der Waals surface area contributed by atoms with Gasteiger partial charge in [-0.3, -0.25) is 0 Å². The fraction of sp³-hybridized carbons (Fsp3) is 0. The lowest BCUT2D eigenvalue weighted by molar-refractivity contribution is 0.666. The van der Waals surface area contributed by atoms with Gasteiger partial charge in [0.25, 0.3) is 0 Å². The van der Waals surface area contributed by atoms with Gasteiger partial charge in [-0.05, 0) is 69.1 Å². The summed E-state index contributed by atoms with van der Waals surface area (Å²) in [6, 6.07) is 57.6. The van der Waals surface area contributed by atoms with Crippen LogP contribution in [0.4, 0.5) is 17.1 Å². The van der Waals surface area contributed by atoms with E-state index in [1.807, 2.05) is 6.07 Å². The Balaban J connectivity index is 1.27. The van der Waals surface area contributed by atoms with Gasteiger partial charge in [-0.1, -0.05) is 127 Å². The van der Waals surface area contributed by atoms with Crippen molar-refractivity contribution in [1.82, 2.24) is 0 Å². The minimum absolute atomic E-state index is 0.838. The van der Waals surface area contributed by atoms with Crippen LogP contribution in [0.3, 0.4) is 0 Å². The average molecular weight is 602 g/mol. The van der Waals surface area contributed by atoms with Crippen LogP contribution in [-0.2, 0) is 0 Å². The van der Waals surface area contributed by atoms with Gasteiger partial charge in [-0.15, -0.1) is 0 Å². The monoisotopic (exact) mass is 601 g/mol. The molecule has 0 saturated carbocycles. The van der Waals surface area contributed by atoms with Crippen LogP contribution >= 0.6 is 0 Å².